The van der Waals surface area contributed by atoms with Gasteiger partial charge in [-0.3, -0.25) is 0 Å². The monoisotopic (exact) mass is 402 g/mol. The second kappa shape index (κ2) is 10.1. The molecule has 0 spiro atoms. The van der Waals surface area contributed by atoms with Gasteiger partial charge in [-0.15, -0.1) is 0 Å². The minimum atomic E-state index is -1.48. The maximum atomic E-state index is 11.7. The van der Waals surface area contributed by atoms with E-state index in [4.69, 9.17) is 16.3 Å². The molecule has 0 N–H and O–H groups in total. The molecule has 0 radical (unpaired) electrons. The van der Waals surface area contributed by atoms with Gasteiger partial charge in [0.2, 0.25) is 0 Å². The Morgan fingerprint density at radius 1 is 0.893 bits per heavy atom. The van der Waals surface area contributed by atoms with Crippen LogP contribution in [0.3, 0.4) is 0 Å². The Morgan fingerprint density at radius 2 is 1.43 bits per heavy atom. The predicted molar refractivity (Wildman–Crippen MR) is 105 cm³/mol. The Balaban J connectivity index is 0.00000280. The Kier molecular flexibility index (Phi) is 8.14. The van der Waals surface area contributed by atoms with Crippen molar-refractivity contribution >= 4 is 17.6 Å². The molecule has 3 nitrogen and oxygen atoms in total. The molecule has 138 valence electrons. The van der Waals surface area contributed by atoms with Crippen molar-refractivity contribution in [2.45, 2.75) is 25.4 Å². The molecule has 3 aromatic rings. The largest absolute Gasteiger partial charge is 1.00 e. The van der Waals surface area contributed by atoms with Gasteiger partial charge in [0.05, 0.1) is 5.97 Å². The average Bonchev–Trinajstić information content (AvgIpc) is 2.66. The van der Waals surface area contributed by atoms with Crippen molar-refractivity contribution in [1.82, 2.24) is 0 Å². The van der Waals surface area contributed by atoms with Crippen LogP contribution in [-0.4, -0.2) is 11.6 Å². The molecule has 0 aliphatic carbocycles. The first kappa shape index (κ1) is 22.5. The summed E-state index contributed by atoms with van der Waals surface area (Å²) < 4.78 is 5.81. The molecule has 1 atom stereocenters. The van der Waals surface area contributed by atoms with Crippen LogP contribution in [0.4, 0.5) is 0 Å². The second-order valence-electron chi connectivity index (χ2n) is 6.73. The number of carboxylic acids is 1. The van der Waals surface area contributed by atoms with Crippen molar-refractivity contribution in [3.8, 4) is 5.75 Å². The van der Waals surface area contributed by atoms with E-state index in [0.717, 1.165) is 17.5 Å². The Labute approximate surface area is 192 Å². The zero-order chi connectivity index (χ0) is 19.3. The maximum absolute atomic E-state index is 11.7. The van der Waals surface area contributed by atoms with Gasteiger partial charge in [0.15, 0.2) is 0 Å². The second-order valence-corrected chi connectivity index (χ2v) is 7.17. The standard InChI is InChI=1S/C23H21ClO3.Na/c1-23(22(25)26,16-19-7-11-20(24)12-8-19)27-21-13-9-18(10-14-21)15-17-5-3-2-4-6-17;/h2-14H,15-16H2,1H3,(H,25,26);/q;+1/p-1. The van der Waals surface area contributed by atoms with E-state index in [2.05, 4.69) is 12.1 Å². The van der Waals surface area contributed by atoms with Crippen molar-refractivity contribution in [2.24, 2.45) is 0 Å². The van der Waals surface area contributed by atoms with Crippen LogP contribution in [0.5, 0.6) is 5.75 Å². The zero-order valence-electron chi connectivity index (χ0n) is 16.0. The van der Waals surface area contributed by atoms with Crippen molar-refractivity contribution in [3.63, 3.8) is 0 Å². The number of carbonyl (C=O) groups is 1. The van der Waals surface area contributed by atoms with Crippen LogP contribution in [0.1, 0.15) is 23.6 Å². The first-order chi connectivity index (χ1) is 12.9. The van der Waals surface area contributed by atoms with E-state index < -0.39 is 11.6 Å². The Bertz CT molecular complexity index is 895. The third kappa shape index (κ3) is 6.11. The average molecular weight is 403 g/mol. The van der Waals surface area contributed by atoms with Crippen LogP contribution >= 0.6 is 11.6 Å². The molecule has 3 rings (SSSR count). The van der Waals surface area contributed by atoms with E-state index in [0.29, 0.717) is 10.8 Å². The SMILES string of the molecule is CC(Cc1ccc(Cl)cc1)(Oc1ccc(Cc2ccccc2)cc1)C(=O)[O-].[Na+]. The van der Waals surface area contributed by atoms with Crippen molar-refractivity contribution in [2.75, 3.05) is 0 Å². The van der Waals surface area contributed by atoms with Crippen LogP contribution in [0.15, 0.2) is 78.9 Å². The van der Waals surface area contributed by atoms with E-state index in [1.54, 1.807) is 36.4 Å². The third-order valence-corrected chi connectivity index (χ3v) is 4.66. The van der Waals surface area contributed by atoms with E-state index >= 15 is 0 Å². The zero-order valence-corrected chi connectivity index (χ0v) is 18.8. The number of carbonyl (C=O) groups excluding carboxylic acids is 1. The Morgan fingerprint density at radius 3 is 2.00 bits per heavy atom. The first-order valence-corrected chi connectivity index (χ1v) is 9.10. The van der Waals surface area contributed by atoms with Crippen molar-refractivity contribution in [1.29, 1.82) is 0 Å². The number of carboxylic acid groups (broad SMARTS) is 1. The fourth-order valence-electron chi connectivity index (χ4n) is 2.91. The van der Waals surface area contributed by atoms with Crippen LogP contribution < -0.4 is 39.4 Å². The third-order valence-electron chi connectivity index (χ3n) is 4.40. The van der Waals surface area contributed by atoms with Gasteiger partial charge in [-0.1, -0.05) is 66.2 Å². The number of halogens is 1. The Hall–Kier alpha value is -1.78. The molecular weight excluding hydrogens is 383 g/mol. The number of ether oxygens (including phenoxy) is 1. The van der Waals surface area contributed by atoms with Gasteiger partial charge in [-0.2, -0.15) is 0 Å². The summed E-state index contributed by atoms with van der Waals surface area (Å²) in [5.41, 5.74) is 1.68. The first-order valence-electron chi connectivity index (χ1n) is 8.72. The van der Waals surface area contributed by atoms with E-state index in [-0.39, 0.29) is 36.0 Å². The van der Waals surface area contributed by atoms with E-state index in [1.807, 2.05) is 30.3 Å². The summed E-state index contributed by atoms with van der Waals surface area (Å²) in [5.74, 6) is -0.765. The molecule has 0 saturated heterocycles. The van der Waals surface area contributed by atoms with Crippen LogP contribution in [0.25, 0.3) is 0 Å². The number of benzene rings is 3. The van der Waals surface area contributed by atoms with E-state index in [1.165, 1.54) is 12.5 Å². The summed E-state index contributed by atoms with van der Waals surface area (Å²) in [7, 11) is 0. The van der Waals surface area contributed by atoms with Crippen LogP contribution in [0, 0.1) is 0 Å². The molecule has 0 amide bonds. The molecule has 0 saturated carbocycles. The van der Waals surface area contributed by atoms with Gasteiger partial charge in [0.1, 0.15) is 11.4 Å². The molecule has 0 aliphatic heterocycles. The number of hydrogen-bond acceptors (Lipinski definition) is 3. The van der Waals surface area contributed by atoms with Gasteiger partial charge in [0, 0.05) is 11.4 Å². The predicted octanol–water partition coefficient (Wildman–Crippen LogP) is 1.06. The normalized spacial score (nSPS) is 12.5. The summed E-state index contributed by atoms with van der Waals surface area (Å²) in [4.78, 5) is 11.7. The van der Waals surface area contributed by atoms with Crippen LogP contribution in [-0.2, 0) is 17.6 Å². The van der Waals surface area contributed by atoms with Crippen molar-refractivity contribution < 1.29 is 44.2 Å². The van der Waals surface area contributed by atoms with Gasteiger partial charge in [-0.25, -0.2) is 0 Å². The summed E-state index contributed by atoms with van der Waals surface area (Å²) in [6.45, 7) is 1.52. The fraction of sp³-hybridized carbons (Fsp3) is 0.174. The number of aliphatic carboxylic acids is 1. The molecule has 0 bridgehead atoms. The topological polar surface area (TPSA) is 49.4 Å². The quantitative estimate of drug-likeness (QED) is 0.555. The molecule has 0 aliphatic rings. The smallest absolute Gasteiger partial charge is 0.546 e. The fourth-order valence-corrected chi connectivity index (χ4v) is 3.03. The molecule has 1 unspecified atom stereocenters. The minimum absolute atomic E-state index is 0. The number of hydrogen-bond donors (Lipinski definition) is 0. The van der Waals surface area contributed by atoms with Crippen molar-refractivity contribution in [3.05, 3.63) is 101 Å². The van der Waals surface area contributed by atoms with E-state index in [9.17, 15) is 9.90 Å². The molecule has 3 aromatic carbocycles. The molecule has 5 heteroatoms. The molecule has 0 heterocycles. The van der Waals surface area contributed by atoms with Crippen LogP contribution in [0.2, 0.25) is 5.02 Å². The maximum Gasteiger partial charge on any atom is 1.00 e. The summed E-state index contributed by atoms with van der Waals surface area (Å²) in [5, 5.41) is 12.3. The number of rotatable bonds is 7. The van der Waals surface area contributed by atoms with Gasteiger partial charge < -0.3 is 14.6 Å². The summed E-state index contributed by atoms with van der Waals surface area (Å²) in [6.07, 6.45) is 0.988. The molecule has 0 aromatic heterocycles. The van der Waals surface area contributed by atoms with Gasteiger partial charge >= 0.3 is 29.6 Å². The summed E-state index contributed by atoms with van der Waals surface area (Å²) in [6, 6.07) is 24.7. The summed E-state index contributed by atoms with van der Waals surface area (Å²) >= 11 is 5.89. The molecule has 28 heavy (non-hydrogen) atoms. The molecule has 0 fully saturated rings. The minimum Gasteiger partial charge on any atom is -0.546 e. The van der Waals surface area contributed by atoms with Gasteiger partial charge in [0.25, 0.3) is 0 Å². The van der Waals surface area contributed by atoms with Gasteiger partial charge in [-0.05, 0) is 54.3 Å². The molecular formula is C23H20ClNaO3.